The van der Waals surface area contributed by atoms with Gasteiger partial charge in [-0.3, -0.25) is 9.59 Å². The summed E-state index contributed by atoms with van der Waals surface area (Å²) in [6.07, 6.45) is 82.2. The zero-order valence-electron chi connectivity index (χ0n) is 51.5. The molecule has 6 heteroatoms. The first-order valence-corrected chi connectivity index (χ1v) is 34.6. The number of hydrogen-bond donors (Lipinski definition) is 3. The zero-order valence-corrected chi connectivity index (χ0v) is 51.5. The van der Waals surface area contributed by atoms with Crippen LogP contribution in [0, 0.1) is 0 Å². The summed E-state index contributed by atoms with van der Waals surface area (Å²) in [6, 6.07) is -0.541. The van der Waals surface area contributed by atoms with Crippen LogP contribution in [0.4, 0.5) is 0 Å². The van der Waals surface area contributed by atoms with Gasteiger partial charge in [0.2, 0.25) is 5.91 Å². The molecule has 0 radical (unpaired) electrons. The number of ether oxygens (including phenoxy) is 1. The number of allylic oxidation sites excluding steroid dienone is 4. The average molecular weight is 1070 g/mol. The molecule has 3 N–H and O–H groups in total. The molecule has 0 aliphatic rings. The monoisotopic (exact) mass is 1070 g/mol. The van der Waals surface area contributed by atoms with Gasteiger partial charge in [0, 0.05) is 12.8 Å². The summed E-state index contributed by atoms with van der Waals surface area (Å²) in [7, 11) is 0. The van der Waals surface area contributed by atoms with E-state index in [1.165, 1.54) is 308 Å². The summed E-state index contributed by atoms with van der Waals surface area (Å²) in [5, 5.41) is 23.4. The molecule has 450 valence electrons. The van der Waals surface area contributed by atoms with Gasteiger partial charge in [-0.05, 0) is 70.6 Å². The Morgan fingerprint density at radius 2 is 0.632 bits per heavy atom. The second-order valence-electron chi connectivity index (χ2n) is 23.9. The molecular weight excluding hydrogens is 935 g/mol. The van der Waals surface area contributed by atoms with Crippen LogP contribution in [-0.2, 0) is 14.3 Å². The predicted molar refractivity (Wildman–Crippen MR) is 333 cm³/mol. The predicted octanol–water partition coefficient (Wildman–Crippen LogP) is 22.1. The minimum absolute atomic E-state index is 0.00588. The molecule has 0 saturated carbocycles. The van der Waals surface area contributed by atoms with E-state index < -0.39 is 12.1 Å². The molecule has 0 rings (SSSR count). The second kappa shape index (κ2) is 65.9. The van der Waals surface area contributed by atoms with E-state index in [0.29, 0.717) is 25.9 Å². The van der Waals surface area contributed by atoms with Crippen molar-refractivity contribution in [2.75, 3.05) is 13.2 Å². The SMILES string of the molecule is CCCC/C=C\CCCCCCCC(=O)OCCCCCCCCCCCCCC/C=C\CCCCCCCCCCCCCCCC(=O)NC(CO)C(O)CCCCCCCCCCCCCCCCCCCCC. The first-order chi connectivity index (χ1) is 37.5. The van der Waals surface area contributed by atoms with Crippen molar-refractivity contribution in [1.29, 1.82) is 0 Å². The maximum Gasteiger partial charge on any atom is 0.305 e. The molecular formula is C70H135NO5. The minimum Gasteiger partial charge on any atom is -0.466 e. The number of rotatable bonds is 65. The van der Waals surface area contributed by atoms with Crippen LogP contribution in [0.5, 0.6) is 0 Å². The van der Waals surface area contributed by atoms with Crippen molar-refractivity contribution < 1.29 is 24.5 Å². The van der Waals surface area contributed by atoms with E-state index in [4.69, 9.17) is 4.74 Å². The third-order valence-electron chi connectivity index (χ3n) is 16.2. The van der Waals surface area contributed by atoms with Gasteiger partial charge in [-0.2, -0.15) is 0 Å². The fourth-order valence-corrected chi connectivity index (χ4v) is 10.9. The Hall–Kier alpha value is -1.66. The van der Waals surface area contributed by atoms with Crippen molar-refractivity contribution >= 4 is 11.9 Å². The minimum atomic E-state index is -0.664. The third kappa shape index (κ3) is 61.6. The van der Waals surface area contributed by atoms with E-state index in [-0.39, 0.29) is 18.5 Å². The second-order valence-corrected chi connectivity index (χ2v) is 23.9. The number of aliphatic hydroxyl groups excluding tert-OH is 2. The summed E-state index contributed by atoms with van der Waals surface area (Å²) in [4.78, 5) is 24.5. The van der Waals surface area contributed by atoms with E-state index in [2.05, 4.69) is 43.5 Å². The van der Waals surface area contributed by atoms with Crippen molar-refractivity contribution in [3.63, 3.8) is 0 Å². The summed E-state index contributed by atoms with van der Waals surface area (Å²) >= 11 is 0. The van der Waals surface area contributed by atoms with Gasteiger partial charge < -0.3 is 20.3 Å². The Morgan fingerprint density at radius 3 is 0.974 bits per heavy atom. The highest BCUT2D eigenvalue weighted by atomic mass is 16.5. The van der Waals surface area contributed by atoms with Gasteiger partial charge in [-0.15, -0.1) is 0 Å². The van der Waals surface area contributed by atoms with Gasteiger partial charge in [0.1, 0.15) is 0 Å². The molecule has 0 aromatic rings. The van der Waals surface area contributed by atoms with Gasteiger partial charge in [-0.25, -0.2) is 0 Å². The van der Waals surface area contributed by atoms with Gasteiger partial charge in [0.25, 0.3) is 0 Å². The first kappa shape index (κ1) is 74.3. The Morgan fingerprint density at radius 1 is 0.355 bits per heavy atom. The summed E-state index contributed by atoms with van der Waals surface area (Å²) in [5.74, 6) is -0.0244. The first-order valence-electron chi connectivity index (χ1n) is 34.6. The number of carbonyl (C=O) groups excluding carboxylic acids is 2. The lowest BCUT2D eigenvalue weighted by molar-refractivity contribution is -0.143. The highest BCUT2D eigenvalue weighted by Gasteiger charge is 2.20. The van der Waals surface area contributed by atoms with Crippen LogP contribution < -0.4 is 5.32 Å². The molecule has 0 fully saturated rings. The summed E-state index contributed by atoms with van der Waals surface area (Å²) < 4.78 is 5.46. The Bertz CT molecular complexity index is 1190. The number of nitrogens with one attached hydrogen (secondary N) is 1. The number of hydrogen-bond acceptors (Lipinski definition) is 5. The quantitative estimate of drug-likeness (QED) is 0.0320. The summed E-state index contributed by atoms with van der Waals surface area (Å²) in [6.45, 7) is 4.95. The van der Waals surface area contributed by atoms with Crippen LogP contribution in [0.2, 0.25) is 0 Å². The molecule has 0 saturated heterocycles. The maximum atomic E-state index is 12.5. The highest BCUT2D eigenvalue weighted by Crippen LogP contribution is 2.19. The van der Waals surface area contributed by atoms with Crippen LogP contribution in [0.15, 0.2) is 24.3 Å². The molecule has 76 heavy (non-hydrogen) atoms. The fraction of sp³-hybridized carbons (Fsp3) is 0.914. The molecule has 0 aliphatic heterocycles. The largest absolute Gasteiger partial charge is 0.466 e. The van der Waals surface area contributed by atoms with Crippen LogP contribution in [-0.4, -0.2) is 47.4 Å². The lowest BCUT2D eigenvalue weighted by Crippen LogP contribution is -2.45. The van der Waals surface area contributed by atoms with Gasteiger partial charge in [-0.1, -0.05) is 327 Å². The maximum absolute atomic E-state index is 12.5. The van der Waals surface area contributed by atoms with E-state index in [9.17, 15) is 19.8 Å². The van der Waals surface area contributed by atoms with Crippen molar-refractivity contribution in [1.82, 2.24) is 5.32 Å². The number of carbonyl (C=O) groups is 2. The van der Waals surface area contributed by atoms with Gasteiger partial charge in [0.05, 0.1) is 25.4 Å². The Balaban J connectivity index is 3.38. The van der Waals surface area contributed by atoms with E-state index >= 15 is 0 Å². The molecule has 0 aromatic carbocycles. The standard InChI is InChI=1S/C70H135NO5/c1-3-5-7-9-11-13-15-16-17-18-30-33-36-39-43-46-50-54-58-62-68(73)67(66-72)71-69(74)63-59-55-51-47-44-40-37-34-31-28-26-24-22-20-19-21-23-25-27-29-32-35-38-41-45-49-53-57-61-65-76-70(75)64-60-56-52-48-42-14-12-10-8-6-4-2/h10,12,19,21,67-68,72-73H,3-9,11,13-18,20,22-66H2,1-2H3,(H,71,74)/b12-10-,21-19-. The lowest BCUT2D eigenvalue weighted by atomic mass is 10.0. The molecule has 0 bridgehead atoms. The van der Waals surface area contributed by atoms with Crippen LogP contribution in [0.3, 0.4) is 0 Å². The Kier molecular flexibility index (Phi) is 64.4. The van der Waals surface area contributed by atoms with Crippen molar-refractivity contribution in [2.45, 2.75) is 398 Å². The average Bonchev–Trinajstić information content (AvgIpc) is 3.42. The van der Waals surface area contributed by atoms with Gasteiger partial charge >= 0.3 is 5.97 Å². The molecule has 0 aliphatic carbocycles. The number of unbranched alkanes of at least 4 members (excludes halogenated alkanes) is 50. The number of aliphatic hydroxyl groups is 2. The third-order valence-corrected chi connectivity index (χ3v) is 16.2. The van der Waals surface area contributed by atoms with E-state index in [0.717, 1.165) is 44.9 Å². The Labute approximate surface area is 475 Å². The molecule has 1 amide bonds. The van der Waals surface area contributed by atoms with Crippen molar-refractivity contribution in [3.8, 4) is 0 Å². The van der Waals surface area contributed by atoms with Crippen LogP contribution in [0.1, 0.15) is 386 Å². The summed E-state index contributed by atoms with van der Waals surface area (Å²) in [5.41, 5.74) is 0. The fourth-order valence-electron chi connectivity index (χ4n) is 10.9. The molecule has 0 aromatic heterocycles. The lowest BCUT2D eigenvalue weighted by Gasteiger charge is -2.22. The smallest absolute Gasteiger partial charge is 0.305 e. The number of amides is 1. The van der Waals surface area contributed by atoms with E-state index in [1.807, 2.05) is 0 Å². The van der Waals surface area contributed by atoms with Gasteiger partial charge in [0.15, 0.2) is 0 Å². The molecule has 2 atom stereocenters. The molecule has 6 nitrogen and oxygen atoms in total. The van der Waals surface area contributed by atoms with Crippen molar-refractivity contribution in [2.24, 2.45) is 0 Å². The van der Waals surface area contributed by atoms with E-state index in [1.54, 1.807) is 0 Å². The molecule has 0 spiro atoms. The zero-order chi connectivity index (χ0) is 55.0. The molecule has 2 unspecified atom stereocenters. The topological polar surface area (TPSA) is 95.9 Å². The van der Waals surface area contributed by atoms with Crippen molar-refractivity contribution in [3.05, 3.63) is 24.3 Å². The van der Waals surface area contributed by atoms with Crippen LogP contribution in [0.25, 0.3) is 0 Å². The number of esters is 1. The highest BCUT2D eigenvalue weighted by molar-refractivity contribution is 5.76. The van der Waals surface area contributed by atoms with Crippen LogP contribution >= 0.6 is 0 Å². The normalized spacial score (nSPS) is 12.6. The molecule has 0 heterocycles.